The number of carbonyl (C=O) groups excluding carboxylic acids is 1. The van der Waals surface area contributed by atoms with Crippen molar-refractivity contribution < 1.29 is 14.6 Å². The van der Waals surface area contributed by atoms with Crippen LogP contribution in [-0.2, 0) is 0 Å². The monoisotopic (exact) mass is 450 g/mol. The van der Waals surface area contributed by atoms with Crippen LogP contribution >= 0.6 is 23.2 Å². The molecule has 13 heteroatoms. The Kier molecular flexibility index (Phi) is 5.67. The second kappa shape index (κ2) is 8.05. The Labute approximate surface area is 178 Å². The van der Waals surface area contributed by atoms with Gasteiger partial charge in [-0.2, -0.15) is 9.78 Å². The van der Waals surface area contributed by atoms with Crippen LogP contribution in [0, 0.1) is 34.1 Å². The summed E-state index contributed by atoms with van der Waals surface area (Å²) < 4.78 is 1.26. The molecule has 0 aliphatic heterocycles. The van der Waals surface area contributed by atoms with Crippen LogP contribution in [0.4, 0.5) is 17.2 Å². The molecule has 0 bridgehead atoms. The van der Waals surface area contributed by atoms with Crippen molar-refractivity contribution in [2.45, 2.75) is 13.8 Å². The van der Waals surface area contributed by atoms with Crippen LogP contribution in [0.15, 0.2) is 30.5 Å². The molecule has 0 aliphatic rings. The van der Waals surface area contributed by atoms with Crippen LogP contribution in [0.1, 0.15) is 21.6 Å². The third-order valence-corrected chi connectivity index (χ3v) is 4.56. The van der Waals surface area contributed by atoms with E-state index in [-0.39, 0.29) is 27.8 Å². The van der Waals surface area contributed by atoms with Crippen LogP contribution in [0.3, 0.4) is 0 Å². The summed E-state index contributed by atoms with van der Waals surface area (Å²) in [6.07, 6.45) is 1.35. The largest absolute Gasteiger partial charge is 0.306 e. The van der Waals surface area contributed by atoms with Gasteiger partial charge in [0.05, 0.1) is 37.2 Å². The Morgan fingerprint density at radius 3 is 2.40 bits per heavy atom. The number of nitro groups is 2. The van der Waals surface area contributed by atoms with Gasteiger partial charge in [-0.3, -0.25) is 25.0 Å². The number of nitrogens with zero attached hydrogens (tertiary/aromatic N) is 5. The number of hydrogen-bond donors (Lipinski definition) is 1. The van der Waals surface area contributed by atoms with Crippen LogP contribution in [0.25, 0.3) is 5.82 Å². The molecule has 11 nitrogen and oxygen atoms in total. The number of aryl methyl sites for hydroxylation is 1. The molecule has 1 aromatic carbocycles. The molecule has 154 valence electrons. The standard InChI is InChI=1S/C17H12Cl2N6O5/c1-8-3-15(23(22-8)16-13(19)4-10(18)7-20-16)21-17(26)12-5-11(24(27)28)6-14(9(12)2)25(29)30/h3-7H,1-2H3,(H,21,26). The number of carbonyl (C=O) groups is 1. The molecule has 2 heterocycles. The first kappa shape index (κ1) is 21.1. The fraction of sp³-hybridized carbons (Fsp3) is 0.118. The molecule has 3 aromatic rings. The predicted molar refractivity (Wildman–Crippen MR) is 109 cm³/mol. The average molecular weight is 451 g/mol. The lowest BCUT2D eigenvalue weighted by atomic mass is 10.0. The zero-order valence-corrected chi connectivity index (χ0v) is 16.9. The zero-order valence-electron chi connectivity index (χ0n) is 15.4. The molecule has 0 spiro atoms. The number of amides is 1. The second-order valence-corrected chi connectivity index (χ2v) is 6.99. The number of nitrogens with one attached hydrogen (secondary N) is 1. The van der Waals surface area contributed by atoms with Crippen LogP contribution in [-0.4, -0.2) is 30.5 Å². The van der Waals surface area contributed by atoms with Crippen LogP contribution < -0.4 is 5.32 Å². The van der Waals surface area contributed by atoms with E-state index in [1.165, 1.54) is 29.9 Å². The van der Waals surface area contributed by atoms with Crippen molar-refractivity contribution in [3.05, 3.63) is 77.6 Å². The molecular formula is C17H12Cl2N6O5. The van der Waals surface area contributed by atoms with Gasteiger partial charge in [-0.25, -0.2) is 4.98 Å². The maximum atomic E-state index is 12.8. The van der Waals surface area contributed by atoms with Gasteiger partial charge in [0.25, 0.3) is 17.3 Å². The van der Waals surface area contributed by atoms with Gasteiger partial charge < -0.3 is 5.32 Å². The van der Waals surface area contributed by atoms with E-state index in [4.69, 9.17) is 23.2 Å². The number of nitro benzene ring substituents is 2. The van der Waals surface area contributed by atoms with Gasteiger partial charge in [-0.1, -0.05) is 23.2 Å². The van der Waals surface area contributed by atoms with Gasteiger partial charge in [-0.05, 0) is 19.9 Å². The van der Waals surface area contributed by atoms with Crippen molar-refractivity contribution >= 4 is 46.3 Å². The van der Waals surface area contributed by atoms with E-state index in [1.54, 1.807) is 6.92 Å². The Morgan fingerprint density at radius 2 is 1.80 bits per heavy atom. The number of rotatable bonds is 5. The summed E-state index contributed by atoms with van der Waals surface area (Å²) in [4.78, 5) is 37.7. The van der Waals surface area contributed by atoms with Crippen molar-refractivity contribution in [2.75, 3.05) is 5.32 Å². The van der Waals surface area contributed by atoms with Crippen molar-refractivity contribution in [1.82, 2.24) is 14.8 Å². The second-order valence-electron chi connectivity index (χ2n) is 6.15. The topological polar surface area (TPSA) is 146 Å². The number of pyridine rings is 1. The van der Waals surface area contributed by atoms with Gasteiger partial charge >= 0.3 is 0 Å². The molecule has 0 fully saturated rings. The SMILES string of the molecule is Cc1cc(NC(=O)c2cc([N+](=O)[O-])cc([N+](=O)[O-])c2C)n(-c2ncc(Cl)cc2Cl)n1. The van der Waals surface area contributed by atoms with Gasteiger partial charge in [0.1, 0.15) is 5.82 Å². The summed E-state index contributed by atoms with van der Waals surface area (Å²) in [7, 11) is 0. The highest BCUT2D eigenvalue weighted by Crippen LogP contribution is 2.29. The average Bonchev–Trinajstić information content (AvgIpc) is 3.01. The molecule has 3 rings (SSSR count). The van der Waals surface area contributed by atoms with Crippen molar-refractivity contribution in [3.8, 4) is 5.82 Å². The molecule has 0 saturated carbocycles. The third-order valence-electron chi connectivity index (χ3n) is 4.08. The molecule has 1 amide bonds. The van der Waals surface area contributed by atoms with E-state index in [2.05, 4.69) is 15.4 Å². The Hall–Kier alpha value is -3.57. The lowest BCUT2D eigenvalue weighted by Crippen LogP contribution is -2.17. The van der Waals surface area contributed by atoms with E-state index in [1.807, 2.05) is 0 Å². The first-order chi connectivity index (χ1) is 14.1. The van der Waals surface area contributed by atoms with Gasteiger partial charge in [0.15, 0.2) is 5.82 Å². The fourth-order valence-electron chi connectivity index (χ4n) is 2.71. The van der Waals surface area contributed by atoms with E-state index >= 15 is 0 Å². The summed E-state index contributed by atoms with van der Waals surface area (Å²) in [5.74, 6) is -0.459. The quantitative estimate of drug-likeness (QED) is 0.450. The Balaban J connectivity index is 2.06. The molecule has 1 N–H and O–H groups in total. The number of anilines is 1. The van der Waals surface area contributed by atoms with E-state index < -0.39 is 27.1 Å². The van der Waals surface area contributed by atoms with Crippen molar-refractivity contribution in [1.29, 1.82) is 0 Å². The number of benzene rings is 1. The number of aromatic nitrogens is 3. The normalized spacial score (nSPS) is 10.7. The molecular weight excluding hydrogens is 439 g/mol. The highest BCUT2D eigenvalue weighted by molar-refractivity contribution is 6.35. The first-order valence-electron chi connectivity index (χ1n) is 8.21. The van der Waals surface area contributed by atoms with Gasteiger partial charge in [0, 0.05) is 23.9 Å². The summed E-state index contributed by atoms with van der Waals surface area (Å²) in [6, 6.07) is 4.74. The lowest BCUT2D eigenvalue weighted by Gasteiger charge is -2.11. The maximum Gasteiger partial charge on any atom is 0.279 e. The molecule has 0 saturated heterocycles. The highest BCUT2D eigenvalue weighted by Gasteiger charge is 2.25. The molecule has 30 heavy (non-hydrogen) atoms. The van der Waals surface area contributed by atoms with E-state index in [0.717, 1.165) is 12.1 Å². The molecule has 0 unspecified atom stereocenters. The van der Waals surface area contributed by atoms with E-state index in [0.29, 0.717) is 10.7 Å². The summed E-state index contributed by atoms with van der Waals surface area (Å²) in [6.45, 7) is 3.00. The van der Waals surface area contributed by atoms with Gasteiger partial charge in [-0.15, -0.1) is 0 Å². The summed E-state index contributed by atoms with van der Waals surface area (Å²) in [5.41, 5.74) is -0.851. The van der Waals surface area contributed by atoms with Crippen molar-refractivity contribution in [3.63, 3.8) is 0 Å². The number of hydrogen-bond acceptors (Lipinski definition) is 7. The van der Waals surface area contributed by atoms with E-state index in [9.17, 15) is 25.0 Å². The summed E-state index contributed by atoms with van der Waals surface area (Å²) in [5, 5.41) is 29.6. The van der Waals surface area contributed by atoms with Crippen LogP contribution in [0.2, 0.25) is 10.0 Å². The third kappa shape index (κ3) is 4.07. The molecule has 0 radical (unpaired) electrons. The minimum atomic E-state index is -0.810. The fourth-order valence-corrected chi connectivity index (χ4v) is 3.17. The minimum absolute atomic E-state index is 0.0199. The minimum Gasteiger partial charge on any atom is -0.306 e. The Morgan fingerprint density at radius 1 is 1.10 bits per heavy atom. The lowest BCUT2D eigenvalue weighted by molar-refractivity contribution is -0.394. The number of non-ortho nitro benzene ring substituents is 1. The first-order valence-corrected chi connectivity index (χ1v) is 8.97. The van der Waals surface area contributed by atoms with Crippen LogP contribution in [0.5, 0.6) is 0 Å². The highest BCUT2D eigenvalue weighted by atomic mass is 35.5. The molecule has 0 aliphatic carbocycles. The predicted octanol–water partition coefficient (Wildman–Crippen LogP) is 4.26. The van der Waals surface area contributed by atoms with Crippen molar-refractivity contribution in [2.24, 2.45) is 0 Å². The number of halogens is 2. The summed E-state index contributed by atoms with van der Waals surface area (Å²) >= 11 is 12.0. The maximum absolute atomic E-state index is 12.8. The molecule has 0 atom stereocenters. The smallest absolute Gasteiger partial charge is 0.279 e. The Bertz CT molecular complexity index is 1210. The zero-order chi connectivity index (χ0) is 22.2. The van der Waals surface area contributed by atoms with Gasteiger partial charge in [0.2, 0.25) is 0 Å². The molecule has 2 aromatic heterocycles.